The molecule has 1 heterocycles. The van der Waals surface area contributed by atoms with Crippen LogP contribution in [0.15, 0.2) is 36.6 Å². The van der Waals surface area contributed by atoms with Crippen LogP contribution in [0.25, 0.3) is 0 Å². The van der Waals surface area contributed by atoms with Gasteiger partial charge < -0.3 is 9.84 Å². The average Bonchev–Trinajstić information content (AvgIpc) is 2.90. The van der Waals surface area contributed by atoms with Crippen molar-refractivity contribution in [2.24, 2.45) is 5.41 Å². The van der Waals surface area contributed by atoms with E-state index < -0.39 is 12.3 Å². The van der Waals surface area contributed by atoms with Crippen molar-refractivity contribution in [3.05, 3.63) is 36.6 Å². The number of aliphatic hydroxyl groups excluding tert-OH is 1. The molecule has 1 aromatic rings. The standard InChI is InChI=1S/C14H20ClN3O2/c1-14(2,3)12(19)13(18-9-16-8-17-18)20-11-6-4-10(15)5-7-11/h4,6-10,12-13,19H,5H2,1-3H3. The van der Waals surface area contributed by atoms with Gasteiger partial charge in [-0.3, -0.25) is 0 Å². The number of ether oxygens (including phenoxy) is 1. The van der Waals surface area contributed by atoms with Gasteiger partial charge in [-0.15, -0.1) is 11.6 Å². The number of halogens is 1. The molecular formula is C14H20ClN3O2. The monoisotopic (exact) mass is 297 g/mol. The van der Waals surface area contributed by atoms with E-state index in [0.29, 0.717) is 12.2 Å². The number of hydrogen-bond donors (Lipinski definition) is 1. The first-order valence-electron chi connectivity index (χ1n) is 6.59. The fourth-order valence-corrected chi connectivity index (χ4v) is 2.00. The molecule has 1 aliphatic rings. The first-order valence-corrected chi connectivity index (χ1v) is 7.03. The summed E-state index contributed by atoms with van der Waals surface area (Å²) >= 11 is 5.99. The number of nitrogens with zero attached hydrogens (tertiary/aromatic N) is 3. The highest BCUT2D eigenvalue weighted by atomic mass is 35.5. The molecule has 0 fully saturated rings. The van der Waals surface area contributed by atoms with E-state index in [2.05, 4.69) is 10.1 Å². The van der Waals surface area contributed by atoms with Gasteiger partial charge in [0, 0.05) is 0 Å². The van der Waals surface area contributed by atoms with Crippen molar-refractivity contribution in [2.45, 2.75) is 44.9 Å². The lowest BCUT2D eigenvalue weighted by molar-refractivity contribution is -0.100. The van der Waals surface area contributed by atoms with E-state index in [4.69, 9.17) is 16.3 Å². The maximum Gasteiger partial charge on any atom is 0.219 e. The fraction of sp³-hybridized carbons (Fsp3) is 0.571. The zero-order valence-electron chi connectivity index (χ0n) is 11.9. The molecule has 3 atom stereocenters. The molecule has 5 nitrogen and oxygen atoms in total. The average molecular weight is 298 g/mol. The van der Waals surface area contributed by atoms with Gasteiger partial charge in [-0.2, -0.15) is 5.10 Å². The Morgan fingerprint density at radius 1 is 1.50 bits per heavy atom. The molecule has 110 valence electrons. The van der Waals surface area contributed by atoms with Gasteiger partial charge in [-0.05, 0) is 24.0 Å². The summed E-state index contributed by atoms with van der Waals surface area (Å²) in [4.78, 5) is 3.91. The Labute approximate surface area is 123 Å². The zero-order valence-corrected chi connectivity index (χ0v) is 12.7. The van der Waals surface area contributed by atoms with Gasteiger partial charge in [0.1, 0.15) is 24.5 Å². The highest BCUT2D eigenvalue weighted by Crippen LogP contribution is 2.31. The van der Waals surface area contributed by atoms with Crippen LogP contribution in [0.4, 0.5) is 0 Å². The number of allylic oxidation sites excluding steroid dienone is 3. The third-order valence-electron chi connectivity index (χ3n) is 3.13. The van der Waals surface area contributed by atoms with Crippen molar-refractivity contribution in [1.29, 1.82) is 0 Å². The Bertz CT molecular complexity index is 491. The van der Waals surface area contributed by atoms with Crippen LogP contribution < -0.4 is 0 Å². The van der Waals surface area contributed by atoms with Crippen LogP contribution in [0.2, 0.25) is 0 Å². The van der Waals surface area contributed by atoms with Gasteiger partial charge in [0.15, 0.2) is 0 Å². The van der Waals surface area contributed by atoms with E-state index >= 15 is 0 Å². The third kappa shape index (κ3) is 3.61. The molecule has 1 aromatic heterocycles. The quantitative estimate of drug-likeness (QED) is 0.868. The smallest absolute Gasteiger partial charge is 0.219 e. The molecule has 0 aliphatic heterocycles. The number of aromatic nitrogens is 3. The van der Waals surface area contributed by atoms with Gasteiger partial charge in [-0.25, -0.2) is 9.67 Å². The van der Waals surface area contributed by atoms with Crippen LogP contribution in [0.5, 0.6) is 0 Å². The molecule has 2 rings (SSSR count). The van der Waals surface area contributed by atoms with Crippen molar-refractivity contribution >= 4 is 11.6 Å². The second-order valence-electron chi connectivity index (χ2n) is 5.91. The van der Waals surface area contributed by atoms with E-state index in [0.717, 1.165) is 0 Å². The number of alkyl halides is 1. The van der Waals surface area contributed by atoms with Gasteiger partial charge >= 0.3 is 0 Å². The minimum Gasteiger partial charge on any atom is -0.466 e. The largest absolute Gasteiger partial charge is 0.466 e. The van der Waals surface area contributed by atoms with E-state index in [-0.39, 0.29) is 10.8 Å². The molecule has 0 spiro atoms. The summed E-state index contributed by atoms with van der Waals surface area (Å²) in [7, 11) is 0. The number of rotatable bonds is 4. The van der Waals surface area contributed by atoms with Crippen LogP contribution in [0.1, 0.15) is 33.4 Å². The summed E-state index contributed by atoms with van der Waals surface area (Å²) in [6.45, 7) is 5.85. The Balaban J connectivity index is 2.18. The third-order valence-corrected chi connectivity index (χ3v) is 3.45. The minimum absolute atomic E-state index is 0.000269. The maximum atomic E-state index is 10.5. The number of hydrogen-bond acceptors (Lipinski definition) is 4. The first-order chi connectivity index (χ1) is 9.38. The Hall–Kier alpha value is -1.33. The lowest BCUT2D eigenvalue weighted by Gasteiger charge is -2.33. The summed E-state index contributed by atoms with van der Waals surface area (Å²) in [6, 6.07) is 0. The second kappa shape index (κ2) is 5.97. The molecule has 0 amide bonds. The van der Waals surface area contributed by atoms with Gasteiger partial charge in [-0.1, -0.05) is 26.8 Å². The molecule has 0 aromatic carbocycles. The summed E-state index contributed by atoms with van der Waals surface area (Å²) in [5, 5.41) is 14.6. The summed E-state index contributed by atoms with van der Waals surface area (Å²) in [5.41, 5.74) is -0.343. The van der Waals surface area contributed by atoms with Crippen molar-refractivity contribution in [3.8, 4) is 0 Å². The fourth-order valence-electron chi connectivity index (χ4n) is 1.84. The van der Waals surface area contributed by atoms with Crippen LogP contribution >= 0.6 is 11.6 Å². The summed E-state index contributed by atoms with van der Waals surface area (Å²) in [5.74, 6) is 0.686. The lowest BCUT2D eigenvalue weighted by atomic mass is 9.88. The highest BCUT2D eigenvalue weighted by molar-refractivity contribution is 6.22. The van der Waals surface area contributed by atoms with E-state index in [9.17, 15) is 5.11 Å². The SMILES string of the molecule is CC(C)(C)C(O)C(OC1=CCC(Cl)C=C1)n1cncn1. The number of aliphatic hydroxyl groups is 1. The van der Waals surface area contributed by atoms with E-state index in [1.54, 1.807) is 0 Å². The summed E-state index contributed by atoms with van der Waals surface area (Å²) < 4.78 is 7.42. The molecule has 0 saturated heterocycles. The van der Waals surface area contributed by atoms with Crippen molar-refractivity contribution in [2.75, 3.05) is 0 Å². The molecule has 0 bridgehead atoms. The van der Waals surface area contributed by atoms with E-state index in [1.165, 1.54) is 17.3 Å². The van der Waals surface area contributed by atoms with Crippen LogP contribution in [0, 0.1) is 5.41 Å². The van der Waals surface area contributed by atoms with Crippen molar-refractivity contribution in [3.63, 3.8) is 0 Å². The Kier molecular flexibility index (Phi) is 4.50. The van der Waals surface area contributed by atoms with Crippen molar-refractivity contribution < 1.29 is 9.84 Å². The van der Waals surface area contributed by atoms with Crippen LogP contribution in [0.3, 0.4) is 0 Å². The van der Waals surface area contributed by atoms with Crippen molar-refractivity contribution in [1.82, 2.24) is 14.8 Å². The maximum absolute atomic E-state index is 10.5. The first kappa shape index (κ1) is 15.1. The molecule has 3 unspecified atom stereocenters. The van der Waals surface area contributed by atoms with Gasteiger partial charge in [0.2, 0.25) is 6.23 Å². The molecule has 0 radical (unpaired) electrons. The van der Waals surface area contributed by atoms with Crippen LogP contribution in [-0.4, -0.2) is 31.4 Å². The molecule has 1 N–H and O–H groups in total. The predicted octanol–water partition coefficient (Wildman–Crippen LogP) is 2.65. The molecular weight excluding hydrogens is 278 g/mol. The minimum atomic E-state index is -0.729. The zero-order chi connectivity index (χ0) is 14.8. The van der Waals surface area contributed by atoms with Gasteiger partial charge in [0.05, 0.1) is 5.38 Å². The molecule has 1 aliphatic carbocycles. The molecule has 6 heteroatoms. The normalized spacial score (nSPS) is 22.2. The Morgan fingerprint density at radius 3 is 2.75 bits per heavy atom. The Morgan fingerprint density at radius 2 is 2.25 bits per heavy atom. The topological polar surface area (TPSA) is 60.2 Å². The predicted molar refractivity (Wildman–Crippen MR) is 77.1 cm³/mol. The second-order valence-corrected chi connectivity index (χ2v) is 6.47. The molecule has 20 heavy (non-hydrogen) atoms. The molecule has 0 saturated carbocycles. The summed E-state index contributed by atoms with van der Waals surface area (Å²) in [6.07, 6.45) is 7.93. The van der Waals surface area contributed by atoms with E-state index in [1.807, 2.05) is 39.0 Å². The van der Waals surface area contributed by atoms with Gasteiger partial charge in [0.25, 0.3) is 0 Å². The highest BCUT2D eigenvalue weighted by Gasteiger charge is 2.34. The lowest BCUT2D eigenvalue weighted by Crippen LogP contribution is -2.37. The van der Waals surface area contributed by atoms with Crippen LogP contribution in [-0.2, 0) is 4.74 Å².